The number of methoxy groups -OCH3 is 1. The van der Waals surface area contributed by atoms with Gasteiger partial charge in [-0.25, -0.2) is 9.78 Å². The van der Waals surface area contributed by atoms with Crippen LogP contribution >= 0.6 is 11.6 Å². The number of fused-ring (bicyclic) bond motifs is 1. The third kappa shape index (κ3) is 7.21. The van der Waals surface area contributed by atoms with Crippen molar-refractivity contribution in [2.24, 2.45) is 5.92 Å². The molecular formula is C27H34ClN3O5. The first-order valence-electron chi connectivity index (χ1n) is 11.9. The number of aromatic nitrogens is 1. The smallest absolute Gasteiger partial charge is 0.407 e. The monoisotopic (exact) mass is 515 g/mol. The van der Waals surface area contributed by atoms with E-state index in [4.69, 9.17) is 25.5 Å². The largest absolute Gasteiger partial charge is 0.497 e. The molecule has 3 rings (SSSR count). The molecular weight excluding hydrogens is 482 g/mol. The Morgan fingerprint density at radius 2 is 1.92 bits per heavy atom. The van der Waals surface area contributed by atoms with Crippen molar-refractivity contribution in [3.63, 3.8) is 0 Å². The molecule has 8 nitrogen and oxygen atoms in total. The predicted molar refractivity (Wildman–Crippen MR) is 141 cm³/mol. The minimum atomic E-state index is -0.574. The molecule has 0 spiro atoms. The number of halogens is 1. The van der Waals surface area contributed by atoms with Gasteiger partial charge in [0.15, 0.2) is 5.43 Å². The molecule has 1 unspecified atom stereocenters. The highest BCUT2D eigenvalue weighted by molar-refractivity contribution is 6.29. The Bertz CT molecular complexity index is 1270. The van der Waals surface area contributed by atoms with Crippen molar-refractivity contribution >= 4 is 28.8 Å². The normalized spacial score (nSPS) is 12.6. The lowest BCUT2D eigenvalue weighted by Crippen LogP contribution is -2.38. The van der Waals surface area contributed by atoms with Crippen LogP contribution in [0.4, 0.5) is 4.79 Å². The maximum Gasteiger partial charge on any atom is 0.407 e. The van der Waals surface area contributed by atoms with Crippen LogP contribution in [0.3, 0.4) is 0 Å². The van der Waals surface area contributed by atoms with E-state index in [0.29, 0.717) is 42.0 Å². The van der Waals surface area contributed by atoms with Gasteiger partial charge < -0.3 is 24.5 Å². The van der Waals surface area contributed by atoms with E-state index in [1.54, 1.807) is 19.2 Å². The van der Waals surface area contributed by atoms with Gasteiger partial charge in [-0.2, -0.15) is 0 Å². The fraction of sp³-hybridized carbons (Fsp3) is 0.444. The highest BCUT2D eigenvalue weighted by Crippen LogP contribution is 2.29. The van der Waals surface area contributed by atoms with Crippen LogP contribution in [-0.4, -0.2) is 36.9 Å². The molecule has 0 saturated carbocycles. The van der Waals surface area contributed by atoms with Crippen LogP contribution in [0.1, 0.15) is 57.5 Å². The molecule has 2 aromatic heterocycles. The summed E-state index contributed by atoms with van der Waals surface area (Å²) in [6, 6.07) is 10.5. The number of amides is 1. The van der Waals surface area contributed by atoms with E-state index in [1.807, 2.05) is 58.9 Å². The van der Waals surface area contributed by atoms with Crippen LogP contribution in [0.2, 0.25) is 5.15 Å². The summed E-state index contributed by atoms with van der Waals surface area (Å²) in [5.74, 6) is 1.27. The fourth-order valence-corrected chi connectivity index (χ4v) is 3.99. The summed E-state index contributed by atoms with van der Waals surface area (Å²) < 4.78 is 16.9. The lowest BCUT2D eigenvalue weighted by atomic mass is 9.93. The number of ether oxygens (including phenoxy) is 2. The molecule has 36 heavy (non-hydrogen) atoms. The molecule has 0 radical (unpaired) electrons. The average molecular weight is 516 g/mol. The number of hydrogen-bond acceptors (Lipinski definition) is 7. The van der Waals surface area contributed by atoms with Gasteiger partial charge >= 0.3 is 6.09 Å². The minimum Gasteiger partial charge on any atom is -0.497 e. The topological polar surface area (TPSA) is 103 Å². The van der Waals surface area contributed by atoms with Crippen LogP contribution in [0.25, 0.3) is 11.1 Å². The molecule has 2 heterocycles. The zero-order valence-electron chi connectivity index (χ0n) is 21.6. The highest BCUT2D eigenvalue weighted by atomic mass is 35.5. The van der Waals surface area contributed by atoms with Gasteiger partial charge in [-0.05, 0) is 56.5 Å². The van der Waals surface area contributed by atoms with Crippen molar-refractivity contribution < 1.29 is 18.7 Å². The Kier molecular flexibility index (Phi) is 8.98. The summed E-state index contributed by atoms with van der Waals surface area (Å²) in [5.41, 5.74) is 0.911. The van der Waals surface area contributed by atoms with Crippen LogP contribution in [0.5, 0.6) is 5.75 Å². The van der Waals surface area contributed by atoms with Gasteiger partial charge in [-0.3, -0.25) is 4.79 Å². The van der Waals surface area contributed by atoms with E-state index in [-0.39, 0.29) is 28.3 Å². The molecule has 1 atom stereocenters. The summed E-state index contributed by atoms with van der Waals surface area (Å²) in [6.07, 6.45) is -0.130. The molecule has 2 N–H and O–H groups in total. The maximum atomic E-state index is 13.6. The zero-order valence-corrected chi connectivity index (χ0v) is 22.4. The number of benzene rings is 1. The van der Waals surface area contributed by atoms with Crippen LogP contribution in [-0.2, 0) is 11.2 Å². The van der Waals surface area contributed by atoms with Crippen molar-refractivity contribution in [1.29, 1.82) is 0 Å². The zero-order chi connectivity index (χ0) is 26.5. The third-order valence-electron chi connectivity index (χ3n) is 5.47. The number of alkyl carbamates (subject to hydrolysis) is 1. The number of pyridine rings is 1. The number of carbonyl (C=O) groups is 1. The molecule has 0 aliphatic heterocycles. The lowest BCUT2D eigenvalue weighted by Gasteiger charge is -2.24. The fourth-order valence-electron chi connectivity index (χ4n) is 3.85. The lowest BCUT2D eigenvalue weighted by molar-refractivity contribution is 0.0527. The van der Waals surface area contributed by atoms with E-state index < -0.39 is 11.7 Å². The van der Waals surface area contributed by atoms with Gasteiger partial charge in [0.25, 0.3) is 0 Å². The van der Waals surface area contributed by atoms with Crippen LogP contribution in [0, 0.1) is 5.92 Å². The van der Waals surface area contributed by atoms with Crippen LogP contribution in [0.15, 0.2) is 45.6 Å². The second kappa shape index (κ2) is 11.8. The second-order valence-electron chi connectivity index (χ2n) is 9.89. The molecule has 0 bridgehead atoms. The van der Waals surface area contributed by atoms with E-state index in [1.165, 1.54) is 0 Å². The van der Waals surface area contributed by atoms with Gasteiger partial charge in [0.1, 0.15) is 22.3 Å². The van der Waals surface area contributed by atoms with Crippen molar-refractivity contribution in [2.45, 2.75) is 52.7 Å². The minimum absolute atomic E-state index is 0.0652. The molecule has 9 heteroatoms. The van der Waals surface area contributed by atoms with E-state index in [0.717, 1.165) is 5.56 Å². The van der Waals surface area contributed by atoms with Crippen LogP contribution < -0.4 is 20.8 Å². The molecule has 0 fully saturated rings. The standard InChI is InChI=1S/C27H34ClN3O5/c1-16(2)22(29-12-13-30-26(33)36-27(3,4)5)24-20(15-17-8-7-9-18(14-17)34-6)23(32)19-10-11-21(28)31-25(19)35-24/h7-11,14,16,22,29H,12-13,15H2,1-6H3,(H,30,33). The Morgan fingerprint density at radius 1 is 1.17 bits per heavy atom. The predicted octanol–water partition coefficient (Wildman–Crippen LogP) is 5.25. The maximum absolute atomic E-state index is 13.6. The third-order valence-corrected chi connectivity index (χ3v) is 5.68. The van der Waals surface area contributed by atoms with E-state index in [9.17, 15) is 9.59 Å². The Labute approximate surface area is 216 Å². The molecule has 1 aromatic carbocycles. The van der Waals surface area contributed by atoms with Gasteiger partial charge in [-0.15, -0.1) is 0 Å². The quantitative estimate of drug-likeness (QED) is 0.296. The second-order valence-corrected chi connectivity index (χ2v) is 10.3. The Balaban J connectivity index is 1.94. The van der Waals surface area contributed by atoms with Crippen molar-refractivity contribution in [1.82, 2.24) is 15.6 Å². The molecule has 0 aliphatic carbocycles. The van der Waals surface area contributed by atoms with Gasteiger partial charge in [0, 0.05) is 25.1 Å². The number of nitrogens with one attached hydrogen (secondary N) is 2. The summed E-state index contributed by atoms with van der Waals surface area (Å²) in [6.45, 7) is 10.3. The highest BCUT2D eigenvalue weighted by Gasteiger charge is 2.26. The van der Waals surface area contributed by atoms with E-state index >= 15 is 0 Å². The average Bonchev–Trinajstić information content (AvgIpc) is 2.79. The van der Waals surface area contributed by atoms with Crippen molar-refractivity contribution in [3.05, 3.63) is 68.7 Å². The first-order chi connectivity index (χ1) is 17.0. The first kappa shape index (κ1) is 27.5. The molecule has 0 aliphatic rings. The molecule has 194 valence electrons. The van der Waals surface area contributed by atoms with Gasteiger partial charge in [0.2, 0.25) is 5.71 Å². The number of carbonyl (C=O) groups excluding carboxylic acids is 1. The summed E-state index contributed by atoms with van der Waals surface area (Å²) >= 11 is 6.09. The number of nitrogens with zero attached hydrogens (tertiary/aromatic N) is 1. The Hall–Kier alpha value is -3.10. The van der Waals surface area contributed by atoms with Gasteiger partial charge in [0.05, 0.1) is 18.5 Å². The SMILES string of the molecule is COc1cccc(Cc2c(C(NCCNC(=O)OC(C)(C)C)C(C)C)oc3nc(Cl)ccc3c2=O)c1. The van der Waals surface area contributed by atoms with Crippen molar-refractivity contribution in [3.8, 4) is 5.75 Å². The summed E-state index contributed by atoms with van der Waals surface area (Å²) in [7, 11) is 1.61. The van der Waals surface area contributed by atoms with Crippen molar-refractivity contribution in [2.75, 3.05) is 20.2 Å². The number of hydrogen-bond donors (Lipinski definition) is 2. The molecule has 0 saturated heterocycles. The summed E-state index contributed by atoms with van der Waals surface area (Å²) in [4.78, 5) is 29.9. The Morgan fingerprint density at radius 3 is 2.58 bits per heavy atom. The summed E-state index contributed by atoms with van der Waals surface area (Å²) in [5, 5.41) is 6.78. The first-order valence-corrected chi connectivity index (χ1v) is 12.3. The number of rotatable bonds is 9. The molecule has 1 amide bonds. The van der Waals surface area contributed by atoms with E-state index in [2.05, 4.69) is 15.6 Å². The van der Waals surface area contributed by atoms with Gasteiger partial charge in [-0.1, -0.05) is 37.6 Å². The molecule has 3 aromatic rings.